The molecule has 0 saturated carbocycles. The zero-order valence-electron chi connectivity index (χ0n) is 12.7. The van der Waals surface area contributed by atoms with Gasteiger partial charge in [0, 0.05) is 51.3 Å². The minimum Gasteiger partial charge on any atom is -0.371 e. The largest absolute Gasteiger partial charge is 0.371 e. The van der Waals surface area contributed by atoms with Crippen LogP contribution in [0.15, 0.2) is 29.3 Å². The van der Waals surface area contributed by atoms with Gasteiger partial charge in [0.05, 0.1) is 5.84 Å². The Balaban J connectivity index is 1.64. The third kappa shape index (κ3) is 2.54. The monoisotopic (exact) mass is 271 g/mol. The van der Waals surface area contributed by atoms with Crippen molar-refractivity contribution in [2.45, 2.75) is 32.1 Å². The molecule has 1 aromatic carbocycles. The molecule has 0 N–H and O–H groups in total. The van der Waals surface area contributed by atoms with E-state index >= 15 is 0 Å². The van der Waals surface area contributed by atoms with E-state index < -0.39 is 0 Å². The molecule has 2 aliphatic rings. The van der Waals surface area contributed by atoms with Crippen molar-refractivity contribution in [3.05, 3.63) is 29.8 Å². The summed E-state index contributed by atoms with van der Waals surface area (Å²) < 4.78 is 0. The summed E-state index contributed by atoms with van der Waals surface area (Å²) in [7, 11) is 2.16. The van der Waals surface area contributed by atoms with Gasteiger partial charge in [0.25, 0.3) is 0 Å². The van der Waals surface area contributed by atoms with Crippen LogP contribution in [-0.2, 0) is 0 Å². The molecule has 1 fully saturated rings. The van der Waals surface area contributed by atoms with Crippen molar-refractivity contribution in [1.29, 1.82) is 0 Å². The number of anilines is 1. The highest BCUT2D eigenvalue weighted by Gasteiger charge is 2.26. The molecule has 3 heteroatoms. The van der Waals surface area contributed by atoms with Gasteiger partial charge in [-0.2, -0.15) is 0 Å². The molecule has 20 heavy (non-hydrogen) atoms. The number of hydrogen-bond acceptors (Lipinski definition) is 2. The number of likely N-dealkylation sites (tertiary alicyclic amines) is 1. The Labute approximate surface area is 122 Å². The smallest absolute Gasteiger partial charge is 0.0986 e. The molecule has 0 bridgehead atoms. The van der Waals surface area contributed by atoms with E-state index in [1.165, 1.54) is 42.9 Å². The number of fused-ring (bicyclic) bond motifs is 1. The lowest BCUT2D eigenvalue weighted by Gasteiger charge is -2.17. The molecule has 2 heterocycles. The van der Waals surface area contributed by atoms with Crippen molar-refractivity contribution in [3.8, 4) is 0 Å². The molecule has 1 atom stereocenters. The van der Waals surface area contributed by atoms with Gasteiger partial charge in [0.2, 0.25) is 0 Å². The highest BCUT2D eigenvalue weighted by molar-refractivity contribution is 5.83. The molecule has 2 aliphatic heterocycles. The average molecular weight is 271 g/mol. The van der Waals surface area contributed by atoms with Crippen LogP contribution >= 0.6 is 0 Å². The van der Waals surface area contributed by atoms with E-state index in [1.807, 2.05) is 0 Å². The standard InChI is InChI=1S/C17H25N3/c1-3-20-13-14(15-7-4-5-8-16(15)20)10-11-18-17-9-6-12-19(17)2/h4-5,7-8,14H,3,6,9-13H2,1-2H3. The lowest BCUT2D eigenvalue weighted by atomic mass is 9.98. The van der Waals surface area contributed by atoms with Gasteiger partial charge in [-0.05, 0) is 31.4 Å². The number of rotatable bonds is 4. The van der Waals surface area contributed by atoms with Crippen molar-refractivity contribution in [1.82, 2.24) is 4.90 Å². The first-order valence-corrected chi connectivity index (χ1v) is 7.88. The molecule has 3 nitrogen and oxygen atoms in total. The van der Waals surface area contributed by atoms with Crippen LogP contribution in [0, 0.1) is 0 Å². The number of amidine groups is 1. The van der Waals surface area contributed by atoms with E-state index in [-0.39, 0.29) is 0 Å². The highest BCUT2D eigenvalue weighted by atomic mass is 15.2. The molecular formula is C17H25N3. The lowest BCUT2D eigenvalue weighted by molar-refractivity contribution is 0.545. The van der Waals surface area contributed by atoms with E-state index in [9.17, 15) is 0 Å². The van der Waals surface area contributed by atoms with Crippen molar-refractivity contribution in [3.63, 3.8) is 0 Å². The third-order valence-electron chi connectivity index (χ3n) is 4.65. The summed E-state index contributed by atoms with van der Waals surface area (Å²) in [5, 5.41) is 0. The van der Waals surface area contributed by atoms with E-state index in [1.54, 1.807) is 0 Å². The minimum atomic E-state index is 0.655. The van der Waals surface area contributed by atoms with Crippen LogP contribution in [0.25, 0.3) is 0 Å². The molecule has 0 amide bonds. The normalized spacial score (nSPS) is 23.7. The average Bonchev–Trinajstić information content (AvgIpc) is 3.04. The van der Waals surface area contributed by atoms with Crippen LogP contribution < -0.4 is 4.90 Å². The zero-order valence-corrected chi connectivity index (χ0v) is 12.7. The Morgan fingerprint density at radius 1 is 1.30 bits per heavy atom. The summed E-state index contributed by atoms with van der Waals surface area (Å²) in [6.07, 6.45) is 3.61. The van der Waals surface area contributed by atoms with Crippen molar-refractivity contribution in [2.24, 2.45) is 4.99 Å². The predicted octanol–water partition coefficient (Wildman–Crippen LogP) is 3.12. The van der Waals surface area contributed by atoms with Gasteiger partial charge in [-0.25, -0.2) is 0 Å². The van der Waals surface area contributed by atoms with E-state index in [0.717, 1.165) is 19.6 Å². The summed E-state index contributed by atoms with van der Waals surface area (Å²) in [5.74, 6) is 1.96. The van der Waals surface area contributed by atoms with Crippen LogP contribution in [0.3, 0.4) is 0 Å². The molecule has 108 valence electrons. The van der Waals surface area contributed by atoms with Gasteiger partial charge in [0.15, 0.2) is 0 Å². The third-order valence-corrected chi connectivity index (χ3v) is 4.65. The number of aliphatic imine (C=N–C) groups is 1. The molecule has 0 aromatic heterocycles. The number of nitrogens with zero attached hydrogens (tertiary/aromatic N) is 3. The van der Waals surface area contributed by atoms with E-state index in [0.29, 0.717) is 5.92 Å². The zero-order chi connectivity index (χ0) is 13.9. The number of para-hydroxylation sites is 1. The van der Waals surface area contributed by atoms with E-state index in [2.05, 4.69) is 48.0 Å². The summed E-state index contributed by atoms with van der Waals surface area (Å²) >= 11 is 0. The molecule has 0 aliphatic carbocycles. The van der Waals surface area contributed by atoms with Gasteiger partial charge in [-0.3, -0.25) is 4.99 Å². The van der Waals surface area contributed by atoms with E-state index in [4.69, 9.17) is 4.99 Å². The molecule has 0 spiro atoms. The second kappa shape index (κ2) is 5.86. The Morgan fingerprint density at radius 2 is 2.15 bits per heavy atom. The maximum atomic E-state index is 4.82. The fourth-order valence-corrected chi connectivity index (χ4v) is 3.47. The Kier molecular flexibility index (Phi) is 3.95. The Hall–Kier alpha value is -1.51. The fourth-order valence-electron chi connectivity index (χ4n) is 3.47. The lowest BCUT2D eigenvalue weighted by Crippen LogP contribution is -2.22. The summed E-state index contributed by atoms with van der Waals surface area (Å²) in [5.41, 5.74) is 2.96. The van der Waals surface area contributed by atoms with Crippen LogP contribution in [0.5, 0.6) is 0 Å². The van der Waals surface area contributed by atoms with Crippen LogP contribution in [-0.4, -0.2) is 44.0 Å². The molecule has 3 rings (SSSR count). The number of likely N-dealkylation sites (N-methyl/N-ethyl adjacent to an activating group) is 1. The van der Waals surface area contributed by atoms with Crippen molar-refractivity contribution >= 4 is 11.5 Å². The molecule has 1 saturated heterocycles. The number of hydrogen-bond donors (Lipinski definition) is 0. The van der Waals surface area contributed by atoms with Gasteiger partial charge < -0.3 is 9.80 Å². The fraction of sp³-hybridized carbons (Fsp3) is 0.588. The predicted molar refractivity (Wildman–Crippen MR) is 85.9 cm³/mol. The van der Waals surface area contributed by atoms with Crippen molar-refractivity contribution < 1.29 is 0 Å². The molecule has 1 unspecified atom stereocenters. The van der Waals surface area contributed by atoms with Crippen LogP contribution in [0.4, 0.5) is 5.69 Å². The Bertz CT molecular complexity index is 495. The maximum Gasteiger partial charge on any atom is 0.0986 e. The van der Waals surface area contributed by atoms with Gasteiger partial charge in [-0.15, -0.1) is 0 Å². The SMILES string of the molecule is CCN1CC(CCN=C2CCCN2C)c2ccccc21. The van der Waals surface area contributed by atoms with Crippen LogP contribution in [0.1, 0.15) is 37.7 Å². The first-order valence-electron chi connectivity index (χ1n) is 7.88. The summed E-state index contributed by atoms with van der Waals surface area (Å²) in [6, 6.07) is 8.87. The van der Waals surface area contributed by atoms with Gasteiger partial charge >= 0.3 is 0 Å². The molecule has 1 aromatic rings. The summed E-state index contributed by atoms with van der Waals surface area (Å²) in [4.78, 5) is 9.62. The second-order valence-electron chi connectivity index (χ2n) is 5.91. The first kappa shape index (κ1) is 13.5. The Morgan fingerprint density at radius 3 is 2.90 bits per heavy atom. The van der Waals surface area contributed by atoms with Crippen molar-refractivity contribution in [2.75, 3.05) is 38.1 Å². The summed E-state index contributed by atoms with van der Waals surface area (Å²) in [6.45, 7) is 6.65. The topological polar surface area (TPSA) is 18.8 Å². The number of benzene rings is 1. The first-order chi connectivity index (χ1) is 9.79. The molecular weight excluding hydrogens is 246 g/mol. The minimum absolute atomic E-state index is 0.655. The highest BCUT2D eigenvalue weighted by Crippen LogP contribution is 2.37. The second-order valence-corrected chi connectivity index (χ2v) is 5.91. The maximum absolute atomic E-state index is 4.82. The molecule has 0 radical (unpaired) electrons. The van der Waals surface area contributed by atoms with Gasteiger partial charge in [0.1, 0.15) is 0 Å². The van der Waals surface area contributed by atoms with Crippen LogP contribution in [0.2, 0.25) is 0 Å². The quantitative estimate of drug-likeness (QED) is 0.838. The van der Waals surface area contributed by atoms with Gasteiger partial charge in [-0.1, -0.05) is 18.2 Å².